The molecule has 3 aliphatic rings. The predicted octanol–water partition coefficient (Wildman–Crippen LogP) is 1.39. The van der Waals surface area contributed by atoms with Gasteiger partial charge in [0.25, 0.3) is 5.91 Å². The predicted molar refractivity (Wildman–Crippen MR) is 119 cm³/mol. The number of benzene rings is 2. The van der Waals surface area contributed by atoms with Crippen molar-refractivity contribution in [2.45, 2.75) is 38.6 Å². The van der Waals surface area contributed by atoms with E-state index in [1.54, 1.807) is 35.2 Å². The van der Waals surface area contributed by atoms with Crippen molar-refractivity contribution in [2.75, 3.05) is 19.8 Å². The number of fused-ring (bicyclic) bond motifs is 1. The summed E-state index contributed by atoms with van der Waals surface area (Å²) in [4.78, 5) is 51.9. The van der Waals surface area contributed by atoms with Crippen molar-refractivity contribution in [1.82, 2.24) is 15.1 Å². The van der Waals surface area contributed by atoms with Gasteiger partial charge in [-0.25, -0.2) is 0 Å². The molecule has 5 rings (SSSR count). The Morgan fingerprint density at radius 2 is 1.94 bits per heavy atom. The zero-order valence-electron chi connectivity index (χ0n) is 20.5. The van der Waals surface area contributed by atoms with Crippen LogP contribution in [0, 0.1) is 0 Å². The summed E-state index contributed by atoms with van der Waals surface area (Å²) in [5.74, 6) is -0.785. The minimum absolute atomic E-state index is 0.0158. The van der Waals surface area contributed by atoms with Crippen molar-refractivity contribution >= 4 is 23.6 Å². The summed E-state index contributed by atoms with van der Waals surface area (Å²) in [5, 5.41) is 2.29. The Labute approximate surface area is 199 Å². The summed E-state index contributed by atoms with van der Waals surface area (Å²) in [6, 6.07) is 7.87. The van der Waals surface area contributed by atoms with E-state index in [1.807, 2.05) is 0 Å². The summed E-state index contributed by atoms with van der Waals surface area (Å²) in [7, 11) is 0. The summed E-state index contributed by atoms with van der Waals surface area (Å²) in [5.41, 5.74) is 2.16. The number of nitrogens with zero attached hydrogens (tertiary/aromatic N) is 2. The van der Waals surface area contributed by atoms with Crippen molar-refractivity contribution in [3.63, 3.8) is 0 Å². The van der Waals surface area contributed by atoms with Gasteiger partial charge in [0, 0.05) is 30.6 Å². The van der Waals surface area contributed by atoms with Crippen LogP contribution < -0.4 is 10.1 Å². The van der Waals surface area contributed by atoms with Crippen molar-refractivity contribution < 1.29 is 31.4 Å². The second-order valence-electron chi connectivity index (χ2n) is 8.47. The Balaban J connectivity index is 1.29. The fraction of sp³-hybridized carbons (Fsp3) is 0.360. The quantitative estimate of drug-likeness (QED) is 0.647. The van der Waals surface area contributed by atoms with Gasteiger partial charge in [-0.2, -0.15) is 0 Å². The molecular weight excluding hydrogens is 438 g/mol. The molecule has 3 heterocycles. The van der Waals surface area contributed by atoms with E-state index in [9.17, 15) is 19.2 Å². The molecule has 1 N–H and O–H groups in total. The van der Waals surface area contributed by atoms with Crippen LogP contribution in [0.5, 0.6) is 5.75 Å². The lowest BCUT2D eigenvalue weighted by Crippen LogP contribution is -2.52. The van der Waals surface area contributed by atoms with Gasteiger partial charge in [-0.1, -0.05) is 30.3 Å². The molecule has 0 radical (unpaired) electrons. The monoisotopic (exact) mass is 465 g/mol. The highest BCUT2D eigenvalue weighted by molar-refractivity contribution is 6.05. The first-order chi connectivity index (χ1) is 17.3. The van der Waals surface area contributed by atoms with E-state index in [1.165, 1.54) is 4.90 Å². The molecule has 3 aliphatic heterocycles. The zero-order valence-corrected chi connectivity index (χ0v) is 18.5. The number of ether oxygens (including phenoxy) is 2. The molecule has 0 spiro atoms. The molecule has 0 aromatic heterocycles. The highest BCUT2D eigenvalue weighted by atomic mass is 16.5. The number of hydrogen-bond acceptors (Lipinski definition) is 6. The van der Waals surface area contributed by atoms with Gasteiger partial charge >= 0.3 is 0 Å². The lowest BCUT2D eigenvalue weighted by atomic mass is 10.0. The molecule has 0 bridgehead atoms. The normalized spacial score (nSPS) is 21.2. The van der Waals surface area contributed by atoms with Crippen LogP contribution in [0.4, 0.5) is 0 Å². The van der Waals surface area contributed by atoms with Gasteiger partial charge in [-0.15, -0.1) is 0 Å². The highest BCUT2D eigenvalue weighted by Gasteiger charge is 2.40. The Hall–Kier alpha value is -3.72. The Morgan fingerprint density at radius 1 is 1.12 bits per heavy atom. The topological polar surface area (TPSA) is 105 Å². The van der Waals surface area contributed by atoms with Crippen LogP contribution in [0.2, 0.25) is 0 Å². The van der Waals surface area contributed by atoms with Crippen molar-refractivity contribution in [1.29, 1.82) is 0 Å². The summed E-state index contributed by atoms with van der Waals surface area (Å²) in [6.45, 7) is 1.37. The maximum atomic E-state index is 13.0. The molecule has 0 saturated carbocycles. The van der Waals surface area contributed by atoms with E-state index in [0.717, 1.165) is 0 Å². The standard InChI is InChI=1S/C25H25N3O6/c29-22-9-8-20(24(31)26-22)28-13-19-18(25(28)32)2-1-3-21(19)34-14-17-6-4-16(5-7-17)12-27-10-11-33-15-23(27)30/h1-7,20H,8-15H2,(H,26,29,31)/i4D,6D. The lowest BCUT2D eigenvalue weighted by Gasteiger charge is -2.29. The number of piperidine rings is 1. The van der Waals surface area contributed by atoms with E-state index >= 15 is 0 Å². The number of rotatable bonds is 6. The van der Waals surface area contributed by atoms with Gasteiger partial charge < -0.3 is 19.3 Å². The fourth-order valence-electron chi connectivity index (χ4n) is 4.39. The molecule has 2 aromatic rings. The number of carbonyl (C=O) groups is 4. The van der Waals surface area contributed by atoms with Gasteiger partial charge in [0.05, 0.1) is 15.9 Å². The highest BCUT2D eigenvalue weighted by Crippen LogP contribution is 2.34. The van der Waals surface area contributed by atoms with Gasteiger partial charge in [-0.3, -0.25) is 24.5 Å². The minimum Gasteiger partial charge on any atom is -0.489 e. The molecule has 0 aliphatic carbocycles. The van der Waals surface area contributed by atoms with E-state index in [-0.39, 0.29) is 69.0 Å². The first-order valence-electron chi connectivity index (χ1n) is 12.2. The van der Waals surface area contributed by atoms with E-state index < -0.39 is 11.9 Å². The van der Waals surface area contributed by atoms with Crippen LogP contribution in [0.25, 0.3) is 0 Å². The van der Waals surface area contributed by atoms with Gasteiger partial charge in [0.15, 0.2) is 0 Å². The molecule has 176 valence electrons. The molecular formula is C25H25N3O6. The smallest absolute Gasteiger partial charge is 0.255 e. The van der Waals surface area contributed by atoms with Crippen LogP contribution in [0.15, 0.2) is 42.4 Å². The first-order valence-corrected chi connectivity index (χ1v) is 11.2. The van der Waals surface area contributed by atoms with Crippen LogP contribution >= 0.6 is 0 Å². The molecule has 9 heteroatoms. The van der Waals surface area contributed by atoms with Gasteiger partial charge in [0.1, 0.15) is 25.0 Å². The maximum Gasteiger partial charge on any atom is 0.255 e. The average Bonchev–Trinajstić information content (AvgIpc) is 3.19. The Kier molecular flexibility index (Phi) is 5.37. The summed E-state index contributed by atoms with van der Waals surface area (Å²) >= 11 is 0. The number of amides is 4. The third kappa shape index (κ3) is 4.38. The van der Waals surface area contributed by atoms with Crippen molar-refractivity contribution in [2.24, 2.45) is 0 Å². The molecule has 2 fully saturated rings. The largest absolute Gasteiger partial charge is 0.489 e. The average molecular weight is 466 g/mol. The van der Waals surface area contributed by atoms with Crippen molar-refractivity contribution in [3.05, 3.63) is 64.7 Å². The fourth-order valence-corrected chi connectivity index (χ4v) is 4.39. The lowest BCUT2D eigenvalue weighted by molar-refractivity contribution is -0.143. The Morgan fingerprint density at radius 3 is 2.76 bits per heavy atom. The molecule has 1 atom stereocenters. The molecule has 9 nitrogen and oxygen atoms in total. The van der Waals surface area contributed by atoms with Gasteiger partial charge in [-0.05, 0) is 29.7 Å². The number of morpholine rings is 1. The van der Waals surface area contributed by atoms with E-state index in [0.29, 0.717) is 41.2 Å². The second kappa shape index (κ2) is 9.26. The number of hydrogen-bond donors (Lipinski definition) is 1. The molecule has 34 heavy (non-hydrogen) atoms. The number of nitrogens with one attached hydrogen (secondary N) is 1. The number of imide groups is 1. The molecule has 2 aromatic carbocycles. The van der Waals surface area contributed by atoms with E-state index in [4.69, 9.17) is 12.2 Å². The second-order valence-corrected chi connectivity index (χ2v) is 8.47. The van der Waals surface area contributed by atoms with Crippen molar-refractivity contribution in [3.8, 4) is 5.75 Å². The molecule has 4 amide bonds. The van der Waals surface area contributed by atoms with E-state index in [2.05, 4.69) is 5.32 Å². The van der Waals surface area contributed by atoms with Crippen LogP contribution in [-0.2, 0) is 38.8 Å². The van der Waals surface area contributed by atoms with Gasteiger partial charge in [0.2, 0.25) is 17.7 Å². The zero-order chi connectivity index (χ0) is 25.4. The minimum atomic E-state index is -0.716. The maximum absolute atomic E-state index is 13.0. The molecule has 1 unspecified atom stereocenters. The number of carbonyl (C=O) groups excluding carboxylic acids is 4. The summed E-state index contributed by atoms with van der Waals surface area (Å²) < 4.78 is 28.0. The van der Waals surface area contributed by atoms with Crippen LogP contribution in [-0.4, -0.2) is 59.2 Å². The third-order valence-corrected chi connectivity index (χ3v) is 6.24. The Bertz CT molecular complexity index is 1270. The van der Waals surface area contributed by atoms with Crippen LogP contribution in [0.1, 0.15) is 42.6 Å². The third-order valence-electron chi connectivity index (χ3n) is 6.24. The van der Waals surface area contributed by atoms with Crippen LogP contribution in [0.3, 0.4) is 0 Å². The molecule has 2 saturated heterocycles. The summed E-state index contributed by atoms with van der Waals surface area (Å²) in [6.07, 6.45) is 0.453. The first kappa shape index (κ1) is 19.7. The SMILES string of the molecule is [2H]c1c(COc2cccc3c2CN(C2CCC(=O)NC2=O)C3=O)ccc(CN2CCOCC2=O)c1[2H].